The predicted molar refractivity (Wildman–Crippen MR) is 71.2 cm³/mol. The molecule has 0 fully saturated rings. The number of thioether (sulfide) groups is 1. The number of hydrogen-bond acceptors (Lipinski definition) is 4. The van der Waals surface area contributed by atoms with Gasteiger partial charge in [0.15, 0.2) is 5.01 Å². The fraction of sp³-hybridized carbons (Fsp3) is 0.250. The monoisotopic (exact) mass is 322 g/mol. The normalized spacial score (nSPS) is 13.4. The zero-order valence-electron chi connectivity index (χ0n) is 10.0. The van der Waals surface area contributed by atoms with Gasteiger partial charge >= 0.3 is 6.18 Å². The first-order valence-corrected chi connectivity index (χ1v) is 7.33. The molecule has 1 unspecified atom stereocenters. The predicted octanol–water partition coefficient (Wildman–Crippen LogP) is 4.09. The van der Waals surface area contributed by atoms with E-state index in [4.69, 9.17) is 5.73 Å². The van der Waals surface area contributed by atoms with Crippen molar-refractivity contribution >= 4 is 23.1 Å². The molecule has 1 aromatic carbocycles. The van der Waals surface area contributed by atoms with E-state index in [1.165, 1.54) is 23.9 Å². The van der Waals surface area contributed by atoms with Crippen molar-refractivity contribution in [2.45, 2.75) is 17.1 Å². The summed E-state index contributed by atoms with van der Waals surface area (Å²) in [6.07, 6.45) is -3.30. The number of thiazole rings is 1. The molecule has 2 aromatic rings. The van der Waals surface area contributed by atoms with Crippen LogP contribution in [0.4, 0.5) is 17.6 Å². The number of nitrogens with two attached hydrogens (primary N) is 1. The van der Waals surface area contributed by atoms with Crippen LogP contribution in [0, 0.1) is 5.82 Å². The molecule has 0 aliphatic heterocycles. The highest BCUT2D eigenvalue weighted by atomic mass is 32.2. The first kappa shape index (κ1) is 15.3. The summed E-state index contributed by atoms with van der Waals surface area (Å²) in [7, 11) is 0. The second-order valence-electron chi connectivity index (χ2n) is 3.94. The van der Waals surface area contributed by atoms with E-state index in [0.29, 0.717) is 26.9 Å². The molecule has 0 saturated carbocycles. The zero-order chi connectivity index (χ0) is 14.8. The van der Waals surface area contributed by atoms with Crippen molar-refractivity contribution < 1.29 is 17.6 Å². The van der Waals surface area contributed by atoms with E-state index >= 15 is 0 Å². The lowest BCUT2D eigenvalue weighted by Gasteiger charge is -2.08. The van der Waals surface area contributed by atoms with Crippen LogP contribution in [-0.2, 0) is 6.18 Å². The van der Waals surface area contributed by atoms with Crippen molar-refractivity contribution in [2.75, 3.05) is 5.75 Å². The fourth-order valence-electron chi connectivity index (χ4n) is 1.41. The Morgan fingerprint density at radius 1 is 1.35 bits per heavy atom. The molecule has 0 amide bonds. The van der Waals surface area contributed by atoms with E-state index in [9.17, 15) is 17.6 Å². The van der Waals surface area contributed by atoms with Gasteiger partial charge in [-0.25, -0.2) is 9.37 Å². The first-order chi connectivity index (χ1) is 9.36. The quantitative estimate of drug-likeness (QED) is 0.680. The zero-order valence-corrected chi connectivity index (χ0v) is 11.7. The van der Waals surface area contributed by atoms with Crippen LogP contribution in [0.2, 0.25) is 0 Å². The summed E-state index contributed by atoms with van der Waals surface area (Å²) in [5.41, 5.74) is 5.83. The Morgan fingerprint density at radius 2 is 2.10 bits per heavy atom. The molecule has 108 valence electrons. The van der Waals surface area contributed by atoms with Crippen molar-refractivity contribution in [3.8, 4) is 0 Å². The molecule has 2 N–H and O–H groups in total. The van der Waals surface area contributed by atoms with E-state index in [-0.39, 0.29) is 5.82 Å². The van der Waals surface area contributed by atoms with Crippen LogP contribution in [0.5, 0.6) is 0 Å². The molecule has 2 nitrogen and oxygen atoms in total. The van der Waals surface area contributed by atoms with Gasteiger partial charge in [-0.2, -0.15) is 13.2 Å². The summed E-state index contributed by atoms with van der Waals surface area (Å²) in [5, 5.41) is -0.904. The Labute approximate surface area is 121 Å². The van der Waals surface area contributed by atoms with Crippen LogP contribution >= 0.6 is 23.1 Å². The van der Waals surface area contributed by atoms with Crippen LogP contribution in [0.1, 0.15) is 15.9 Å². The summed E-state index contributed by atoms with van der Waals surface area (Å²) >= 11 is 1.82. The van der Waals surface area contributed by atoms with Crippen LogP contribution in [-0.4, -0.2) is 10.7 Å². The molecular weight excluding hydrogens is 312 g/mol. The highest BCUT2D eigenvalue weighted by Gasteiger charge is 2.35. The molecule has 8 heteroatoms. The third-order valence-electron chi connectivity index (χ3n) is 2.36. The molecule has 0 radical (unpaired) electrons. The van der Waals surface area contributed by atoms with Gasteiger partial charge in [0, 0.05) is 21.7 Å². The average Bonchev–Trinajstić information content (AvgIpc) is 2.85. The summed E-state index contributed by atoms with van der Waals surface area (Å²) < 4.78 is 50.2. The number of alkyl halides is 3. The summed E-state index contributed by atoms with van der Waals surface area (Å²) in [6.45, 7) is 0. The Kier molecular flexibility index (Phi) is 4.66. The lowest BCUT2D eigenvalue weighted by molar-refractivity contribution is -0.137. The number of benzene rings is 1. The van der Waals surface area contributed by atoms with Gasteiger partial charge in [0.25, 0.3) is 0 Å². The lowest BCUT2D eigenvalue weighted by Crippen LogP contribution is -2.11. The Hall–Kier alpha value is -1.12. The Balaban J connectivity index is 1.98. The van der Waals surface area contributed by atoms with Crippen molar-refractivity contribution in [2.24, 2.45) is 5.73 Å². The minimum Gasteiger partial charge on any atom is -0.323 e. The van der Waals surface area contributed by atoms with Crippen LogP contribution in [0.25, 0.3) is 0 Å². The van der Waals surface area contributed by atoms with Gasteiger partial charge in [-0.3, -0.25) is 0 Å². The Bertz CT molecular complexity index is 583. The van der Waals surface area contributed by atoms with Crippen molar-refractivity contribution in [1.29, 1.82) is 0 Å². The number of hydrogen-bond donors (Lipinski definition) is 1. The molecule has 0 aliphatic rings. The van der Waals surface area contributed by atoms with E-state index in [0.717, 1.165) is 6.20 Å². The van der Waals surface area contributed by atoms with Gasteiger partial charge in [0.05, 0.1) is 6.04 Å². The van der Waals surface area contributed by atoms with E-state index in [1.54, 1.807) is 12.1 Å². The van der Waals surface area contributed by atoms with Gasteiger partial charge in [0.1, 0.15) is 5.82 Å². The summed E-state index contributed by atoms with van der Waals surface area (Å²) in [4.78, 5) is 4.37. The van der Waals surface area contributed by atoms with E-state index in [1.807, 2.05) is 0 Å². The minimum absolute atomic E-state index is 0.350. The fourth-order valence-corrected chi connectivity index (χ4v) is 3.23. The third-order valence-corrected chi connectivity index (χ3v) is 4.64. The van der Waals surface area contributed by atoms with Crippen LogP contribution in [0.3, 0.4) is 0 Å². The second kappa shape index (κ2) is 6.11. The summed E-state index contributed by atoms with van der Waals surface area (Å²) in [5.74, 6) is -0.0103. The maximum absolute atomic E-state index is 13.0. The van der Waals surface area contributed by atoms with Crippen LogP contribution < -0.4 is 5.73 Å². The third kappa shape index (κ3) is 3.94. The van der Waals surface area contributed by atoms with Crippen molar-refractivity contribution in [3.63, 3.8) is 0 Å². The molecule has 1 aromatic heterocycles. The van der Waals surface area contributed by atoms with Crippen LogP contribution in [0.15, 0.2) is 35.4 Å². The number of nitrogens with zero attached hydrogens (tertiary/aromatic N) is 1. The maximum atomic E-state index is 13.0. The van der Waals surface area contributed by atoms with Crippen molar-refractivity contribution in [3.05, 3.63) is 46.2 Å². The largest absolute Gasteiger partial charge is 0.443 e. The smallest absolute Gasteiger partial charge is 0.323 e. The maximum Gasteiger partial charge on any atom is 0.443 e. The van der Waals surface area contributed by atoms with Gasteiger partial charge in [-0.1, -0.05) is 6.07 Å². The van der Waals surface area contributed by atoms with E-state index in [2.05, 4.69) is 4.98 Å². The highest BCUT2D eigenvalue weighted by molar-refractivity contribution is 7.99. The number of aromatic nitrogens is 1. The van der Waals surface area contributed by atoms with Gasteiger partial charge in [-0.05, 0) is 18.2 Å². The van der Waals surface area contributed by atoms with Gasteiger partial charge in [-0.15, -0.1) is 23.1 Å². The molecule has 1 atom stereocenters. The Morgan fingerprint density at radius 3 is 2.70 bits per heavy atom. The molecule has 0 bridgehead atoms. The highest BCUT2D eigenvalue weighted by Crippen LogP contribution is 2.35. The summed E-state index contributed by atoms with van der Waals surface area (Å²) in [6, 6.07) is 5.39. The average molecular weight is 322 g/mol. The van der Waals surface area contributed by atoms with Gasteiger partial charge < -0.3 is 5.73 Å². The molecule has 0 saturated heterocycles. The molecule has 2 rings (SSSR count). The lowest BCUT2D eigenvalue weighted by atomic mass is 10.3. The standard InChI is InChI=1S/C12H10F4N2S2/c13-7-2-1-3-8(4-7)19-6-9(17)10-5-18-11(20-10)12(14,15)16/h1-5,9H,6,17H2. The number of rotatable bonds is 4. The topological polar surface area (TPSA) is 38.9 Å². The molecule has 0 spiro atoms. The second-order valence-corrected chi connectivity index (χ2v) is 6.10. The number of halogens is 4. The minimum atomic E-state index is -4.45. The van der Waals surface area contributed by atoms with Gasteiger partial charge in [0.2, 0.25) is 0 Å². The van der Waals surface area contributed by atoms with Crippen molar-refractivity contribution in [1.82, 2.24) is 4.98 Å². The molecular formula is C12H10F4N2S2. The molecule has 0 aliphatic carbocycles. The molecule has 20 heavy (non-hydrogen) atoms. The first-order valence-electron chi connectivity index (χ1n) is 5.53. The SMILES string of the molecule is NC(CSc1cccc(F)c1)c1cnc(C(F)(F)F)s1. The molecule has 1 heterocycles. The van der Waals surface area contributed by atoms with E-state index < -0.39 is 17.2 Å².